The number of amides is 1. The zero-order valence-corrected chi connectivity index (χ0v) is 13.8. The Morgan fingerprint density at radius 2 is 1.92 bits per heavy atom. The molecule has 3 aliphatic heterocycles. The molecule has 0 spiro atoms. The summed E-state index contributed by atoms with van der Waals surface area (Å²) in [5.74, 6) is -2.72. The van der Waals surface area contributed by atoms with Crippen LogP contribution in [0.1, 0.15) is 25.7 Å². The topological polar surface area (TPSA) is 71.0 Å². The Hall–Kier alpha value is -0.830. The Morgan fingerprint density at radius 3 is 2.58 bits per heavy atom. The lowest BCUT2D eigenvalue weighted by Gasteiger charge is -2.33. The first kappa shape index (κ1) is 18.0. The molecule has 3 aliphatic rings. The van der Waals surface area contributed by atoms with Gasteiger partial charge in [0.1, 0.15) is 6.10 Å². The van der Waals surface area contributed by atoms with E-state index in [1.165, 1.54) is 0 Å². The Bertz CT molecular complexity index is 436. The van der Waals surface area contributed by atoms with Gasteiger partial charge >= 0.3 is 0 Å². The highest BCUT2D eigenvalue weighted by molar-refractivity contribution is 5.79. The molecule has 3 rings (SSSR count). The molecule has 3 fully saturated rings. The number of ether oxygens (including phenoxy) is 2. The monoisotopic (exact) mass is 348 g/mol. The van der Waals surface area contributed by atoms with Gasteiger partial charge in [0, 0.05) is 51.6 Å². The number of hydrogen-bond donors (Lipinski definition) is 2. The zero-order valence-electron chi connectivity index (χ0n) is 13.8. The number of carbonyl (C=O) groups excluding carboxylic acids is 1. The number of aliphatic hydroxyl groups is 1. The minimum absolute atomic E-state index is 0.0655. The number of rotatable bonds is 4. The molecule has 0 aromatic rings. The smallest absolute Gasteiger partial charge is 0.250 e. The van der Waals surface area contributed by atoms with E-state index in [4.69, 9.17) is 9.47 Å². The number of aliphatic hydroxyl groups excluding tert-OH is 1. The van der Waals surface area contributed by atoms with E-state index >= 15 is 0 Å². The first-order chi connectivity index (χ1) is 11.4. The molecule has 3 saturated heterocycles. The van der Waals surface area contributed by atoms with Crippen molar-refractivity contribution < 1.29 is 28.2 Å². The van der Waals surface area contributed by atoms with Crippen molar-refractivity contribution >= 4 is 5.91 Å². The van der Waals surface area contributed by atoms with Crippen LogP contribution in [0.2, 0.25) is 0 Å². The lowest BCUT2D eigenvalue weighted by atomic mass is 9.98. The molecule has 0 aromatic carbocycles. The van der Waals surface area contributed by atoms with Gasteiger partial charge in [0.25, 0.3) is 5.92 Å². The van der Waals surface area contributed by atoms with Crippen molar-refractivity contribution in [1.29, 1.82) is 0 Å². The number of nitrogens with zero attached hydrogens (tertiary/aromatic N) is 1. The summed E-state index contributed by atoms with van der Waals surface area (Å²) in [6.07, 6.45) is -0.172. The predicted octanol–water partition coefficient (Wildman–Crippen LogP) is 0.389. The number of piperidine rings is 1. The van der Waals surface area contributed by atoms with Gasteiger partial charge in [-0.05, 0) is 12.8 Å². The summed E-state index contributed by atoms with van der Waals surface area (Å²) in [6.45, 7) is 2.46. The van der Waals surface area contributed by atoms with E-state index in [-0.39, 0.29) is 31.3 Å². The Kier molecular flexibility index (Phi) is 5.69. The van der Waals surface area contributed by atoms with Gasteiger partial charge in [-0.3, -0.25) is 4.79 Å². The van der Waals surface area contributed by atoms with Crippen LogP contribution in [0, 0.1) is 5.92 Å². The molecular weight excluding hydrogens is 322 g/mol. The average Bonchev–Trinajstić information content (AvgIpc) is 2.91. The van der Waals surface area contributed by atoms with Crippen LogP contribution in [0.3, 0.4) is 0 Å². The molecule has 24 heavy (non-hydrogen) atoms. The third-order valence-electron chi connectivity index (χ3n) is 5.23. The number of alkyl halides is 2. The Morgan fingerprint density at radius 1 is 1.25 bits per heavy atom. The van der Waals surface area contributed by atoms with E-state index < -0.39 is 24.2 Å². The number of halogens is 2. The summed E-state index contributed by atoms with van der Waals surface area (Å²) < 4.78 is 37.2. The van der Waals surface area contributed by atoms with Crippen LogP contribution in [0.5, 0.6) is 0 Å². The molecule has 3 atom stereocenters. The fourth-order valence-corrected chi connectivity index (χ4v) is 3.55. The van der Waals surface area contributed by atoms with Crippen LogP contribution in [0.4, 0.5) is 8.78 Å². The minimum Gasteiger partial charge on any atom is -0.388 e. The molecule has 2 N–H and O–H groups in total. The van der Waals surface area contributed by atoms with Gasteiger partial charge in [-0.1, -0.05) is 0 Å². The van der Waals surface area contributed by atoms with Gasteiger partial charge in [0.2, 0.25) is 5.91 Å². The molecule has 1 amide bonds. The molecule has 3 heterocycles. The van der Waals surface area contributed by atoms with Crippen LogP contribution in [-0.4, -0.2) is 79.5 Å². The number of hydrogen-bond acceptors (Lipinski definition) is 5. The summed E-state index contributed by atoms with van der Waals surface area (Å²) in [6, 6.07) is -0.434. The fraction of sp³-hybridized carbons (Fsp3) is 0.938. The molecule has 8 heteroatoms. The lowest BCUT2D eigenvalue weighted by Crippen LogP contribution is -2.50. The van der Waals surface area contributed by atoms with Crippen LogP contribution >= 0.6 is 0 Å². The Balaban J connectivity index is 1.44. The second-order valence-corrected chi connectivity index (χ2v) is 7.02. The molecule has 0 radical (unpaired) electrons. The largest absolute Gasteiger partial charge is 0.388 e. The van der Waals surface area contributed by atoms with Gasteiger partial charge in [-0.25, -0.2) is 8.78 Å². The normalized spacial score (nSPS) is 35.0. The average molecular weight is 348 g/mol. The third-order valence-corrected chi connectivity index (χ3v) is 5.23. The summed E-state index contributed by atoms with van der Waals surface area (Å²) in [4.78, 5) is 14.1. The van der Waals surface area contributed by atoms with Crippen LogP contribution in [0.15, 0.2) is 0 Å². The van der Waals surface area contributed by atoms with Crippen molar-refractivity contribution in [2.45, 2.75) is 49.9 Å². The standard InChI is InChI=1S/C16H26F2N2O4/c17-16(18)3-5-20(6-4-16)9-13-14(21)12(10-24-13)19-15(22)11-1-7-23-8-2-11/h11-14,21H,1-10H2,(H,19,22). The van der Waals surface area contributed by atoms with Crippen molar-refractivity contribution in [3.8, 4) is 0 Å². The van der Waals surface area contributed by atoms with Crippen molar-refractivity contribution in [1.82, 2.24) is 10.2 Å². The number of carbonyl (C=O) groups is 1. The summed E-state index contributed by atoms with van der Waals surface area (Å²) in [7, 11) is 0. The molecule has 0 aromatic heterocycles. The molecule has 6 nitrogen and oxygen atoms in total. The predicted molar refractivity (Wildman–Crippen MR) is 81.8 cm³/mol. The van der Waals surface area contributed by atoms with Crippen LogP contribution in [0.25, 0.3) is 0 Å². The second kappa shape index (κ2) is 7.59. The lowest BCUT2D eigenvalue weighted by molar-refractivity contribution is -0.129. The van der Waals surface area contributed by atoms with E-state index in [2.05, 4.69) is 5.32 Å². The summed E-state index contributed by atoms with van der Waals surface area (Å²) in [5, 5.41) is 13.3. The zero-order chi connectivity index (χ0) is 17.2. The molecule has 0 aliphatic carbocycles. The molecule has 0 bridgehead atoms. The highest BCUT2D eigenvalue weighted by Gasteiger charge is 2.40. The van der Waals surface area contributed by atoms with Crippen molar-refractivity contribution in [2.24, 2.45) is 5.92 Å². The molecule has 3 unspecified atom stereocenters. The molecule has 0 saturated carbocycles. The first-order valence-electron chi connectivity index (χ1n) is 8.72. The minimum atomic E-state index is -2.58. The Labute approximate surface area is 140 Å². The second-order valence-electron chi connectivity index (χ2n) is 7.02. The number of likely N-dealkylation sites (tertiary alicyclic amines) is 1. The maximum absolute atomic E-state index is 13.2. The summed E-state index contributed by atoms with van der Waals surface area (Å²) >= 11 is 0. The van der Waals surface area contributed by atoms with Gasteiger partial charge in [-0.2, -0.15) is 0 Å². The van der Waals surface area contributed by atoms with Crippen LogP contribution < -0.4 is 5.32 Å². The van der Waals surface area contributed by atoms with Gasteiger partial charge in [0.05, 0.1) is 18.8 Å². The van der Waals surface area contributed by atoms with Gasteiger partial charge in [-0.15, -0.1) is 0 Å². The van der Waals surface area contributed by atoms with Crippen molar-refractivity contribution in [3.63, 3.8) is 0 Å². The molecular formula is C16H26F2N2O4. The van der Waals surface area contributed by atoms with E-state index in [0.717, 1.165) is 0 Å². The summed E-state index contributed by atoms with van der Waals surface area (Å²) in [5.41, 5.74) is 0. The van der Waals surface area contributed by atoms with E-state index in [9.17, 15) is 18.7 Å². The number of nitrogens with one attached hydrogen (secondary N) is 1. The maximum Gasteiger partial charge on any atom is 0.250 e. The molecule has 138 valence electrons. The SMILES string of the molecule is O=C(NC1COC(CN2CCC(F)(F)CC2)C1O)C1CCOCC1. The van der Waals surface area contributed by atoms with E-state index in [1.807, 2.05) is 4.90 Å². The van der Waals surface area contributed by atoms with E-state index in [1.54, 1.807) is 0 Å². The third kappa shape index (κ3) is 4.41. The fourth-order valence-electron chi connectivity index (χ4n) is 3.55. The quantitative estimate of drug-likeness (QED) is 0.769. The van der Waals surface area contributed by atoms with E-state index in [0.29, 0.717) is 45.7 Å². The highest BCUT2D eigenvalue weighted by atomic mass is 19.3. The van der Waals surface area contributed by atoms with Gasteiger partial charge < -0.3 is 24.8 Å². The van der Waals surface area contributed by atoms with Crippen molar-refractivity contribution in [2.75, 3.05) is 39.5 Å². The highest BCUT2D eigenvalue weighted by Crippen LogP contribution is 2.28. The van der Waals surface area contributed by atoms with Crippen LogP contribution in [-0.2, 0) is 14.3 Å². The van der Waals surface area contributed by atoms with Gasteiger partial charge in [0.15, 0.2) is 0 Å². The maximum atomic E-state index is 13.2. The van der Waals surface area contributed by atoms with Crippen molar-refractivity contribution in [3.05, 3.63) is 0 Å². The first-order valence-corrected chi connectivity index (χ1v) is 8.72.